The lowest BCUT2D eigenvalue weighted by Gasteiger charge is -2.17. The Labute approximate surface area is 92.2 Å². The number of benzene rings is 1. The SMILES string of the molecule is C=C1Nc2c(C)ccc(C)c2C1C(C)C. The molecule has 80 valence electrons. The fraction of sp³-hybridized carbons (Fsp3) is 0.429. The summed E-state index contributed by atoms with van der Waals surface area (Å²) in [5, 5.41) is 3.44. The molecule has 0 bridgehead atoms. The summed E-state index contributed by atoms with van der Waals surface area (Å²) in [5.41, 5.74) is 6.59. The fourth-order valence-electron chi connectivity index (χ4n) is 2.55. The minimum atomic E-state index is 0.472. The number of aryl methyl sites for hydroxylation is 2. The van der Waals surface area contributed by atoms with Crippen LogP contribution in [0.3, 0.4) is 0 Å². The summed E-state index contributed by atoms with van der Waals surface area (Å²) in [6, 6.07) is 4.39. The highest BCUT2D eigenvalue weighted by Crippen LogP contribution is 2.45. The normalized spacial score (nSPS) is 19.3. The van der Waals surface area contributed by atoms with E-state index in [0.29, 0.717) is 11.8 Å². The van der Waals surface area contributed by atoms with Crippen LogP contribution in [0.4, 0.5) is 5.69 Å². The van der Waals surface area contributed by atoms with E-state index >= 15 is 0 Å². The first-order valence-corrected chi connectivity index (χ1v) is 5.58. The molecule has 1 aliphatic heterocycles. The van der Waals surface area contributed by atoms with Crippen molar-refractivity contribution in [2.75, 3.05) is 5.32 Å². The molecular weight excluding hydrogens is 182 g/mol. The zero-order valence-corrected chi connectivity index (χ0v) is 10.0. The predicted octanol–water partition coefficient (Wildman–Crippen LogP) is 3.98. The van der Waals surface area contributed by atoms with Crippen molar-refractivity contribution in [1.29, 1.82) is 0 Å². The van der Waals surface area contributed by atoms with Crippen LogP contribution in [-0.4, -0.2) is 0 Å². The first kappa shape index (κ1) is 10.3. The number of nitrogens with one attached hydrogen (secondary N) is 1. The predicted molar refractivity (Wildman–Crippen MR) is 66.3 cm³/mol. The molecule has 0 saturated carbocycles. The molecule has 2 rings (SSSR count). The van der Waals surface area contributed by atoms with Gasteiger partial charge in [0.25, 0.3) is 0 Å². The Hall–Kier alpha value is -1.24. The summed E-state index contributed by atoms with van der Waals surface area (Å²) in [5.74, 6) is 1.08. The smallest absolute Gasteiger partial charge is 0.0453 e. The van der Waals surface area contributed by atoms with Gasteiger partial charge in [-0.15, -0.1) is 0 Å². The Morgan fingerprint density at radius 1 is 1.20 bits per heavy atom. The van der Waals surface area contributed by atoms with E-state index in [-0.39, 0.29) is 0 Å². The van der Waals surface area contributed by atoms with E-state index in [0.717, 1.165) is 5.70 Å². The second kappa shape index (κ2) is 3.41. The molecule has 0 radical (unpaired) electrons. The first-order chi connectivity index (χ1) is 7.02. The van der Waals surface area contributed by atoms with E-state index in [1.165, 1.54) is 22.4 Å². The van der Waals surface area contributed by atoms with E-state index in [4.69, 9.17) is 0 Å². The van der Waals surface area contributed by atoms with Gasteiger partial charge < -0.3 is 5.32 Å². The number of allylic oxidation sites excluding steroid dienone is 1. The zero-order chi connectivity index (χ0) is 11.2. The molecule has 0 aromatic heterocycles. The van der Waals surface area contributed by atoms with Crippen molar-refractivity contribution in [2.45, 2.75) is 33.6 Å². The fourth-order valence-corrected chi connectivity index (χ4v) is 2.55. The van der Waals surface area contributed by atoms with Crippen molar-refractivity contribution in [3.8, 4) is 0 Å². The second-order valence-corrected chi connectivity index (χ2v) is 4.86. The topological polar surface area (TPSA) is 12.0 Å². The van der Waals surface area contributed by atoms with Gasteiger partial charge in [-0.3, -0.25) is 0 Å². The van der Waals surface area contributed by atoms with Crippen LogP contribution in [0.5, 0.6) is 0 Å². The molecule has 0 amide bonds. The molecule has 0 fully saturated rings. The van der Waals surface area contributed by atoms with Crippen LogP contribution >= 0.6 is 0 Å². The highest BCUT2D eigenvalue weighted by Gasteiger charge is 2.30. The maximum absolute atomic E-state index is 4.14. The summed E-state index contributed by atoms with van der Waals surface area (Å²) in [6.45, 7) is 13.0. The highest BCUT2D eigenvalue weighted by molar-refractivity contribution is 5.70. The van der Waals surface area contributed by atoms with E-state index in [1.807, 2.05) is 0 Å². The molecule has 1 aromatic rings. The maximum atomic E-state index is 4.14. The third-order valence-electron chi connectivity index (χ3n) is 3.31. The van der Waals surface area contributed by atoms with Gasteiger partial charge in [-0.05, 0) is 36.5 Å². The zero-order valence-electron chi connectivity index (χ0n) is 10.0. The number of rotatable bonds is 1. The molecule has 1 nitrogen and oxygen atoms in total. The van der Waals surface area contributed by atoms with Gasteiger partial charge in [0.2, 0.25) is 0 Å². The van der Waals surface area contributed by atoms with E-state index < -0.39 is 0 Å². The summed E-state index contributed by atoms with van der Waals surface area (Å²) in [7, 11) is 0. The van der Waals surface area contributed by atoms with Crippen LogP contribution in [0, 0.1) is 19.8 Å². The van der Waals surface area contributed by atoms with Crippen LogP contribution in [0.1, 0.15) is 36.5 Å². The maximum Gasteiger partial charge on any atom is 0.0453 e. The Morgan fingerprint density at radius 2 is 1.80 bits per heavy atom. The average Bonchev–Trinajstić information content (AvgIpc) is 2.50. The highest BCUT2D eigenvalue weighted by atomic mass is 14.9. The summed E-state index contributed by atoms with van der Waals surface area (Å²) in [6.07, 6.45) is 0. The van der Waals surface area contributed by atoms with Crippen molar-refractivity contribution in [3.05, 3.63) is 41.1 Å². The van der Waals surface area contributed by atoms with Crippen molar-refractivity contribution in [1.82, 2.24) is 0 Å². The average molecular weight is 201 g/mol. The molecule has 1 unspecified atom stereocenters. The van der Waals surface area contributed by atoms with Crippen LogP contribution in [-0.2, 0) is 0 Å². The molecule has 0 saturated heterocycles. The van der Waals surface area contributed by atoms with Crippen LogP contribution in [0.15, 0.2) is 24.4 Å². The lowest BCUT2D eigenvalue weighted by molar-refractivity contribution is 0.569. The second-order valence-electron chi connectivity index (χ2n) is 4.86. The van der Waals surface area contributed by atoms with Crippen molar-refractivity contribution in [2.24, 2.45) is 5.92 Å². The Morgan fingerprint density at radius 3 is 2.40 bits per heavy atom. The number of fused-ring (bicyclic) bond motifs is 1. The van der Waals surface area contributed by atoms with Crippen molar-refractivity contribution in [3.63, 3.8) is 0 Å². The lowest BCUT2D eigenvalue weighted by Crippen LogP contribution is -2.06. The van der Waals surface area contributed by atoms with Gasteiger partial charge in [0.05, 0.1) is 0 Å². The number of hydrogen-bond donors (Lipinski definition) is 1. The molecule has 0 aliphatic carbocycles. The van der Waals surface area contributed by atoms with E-state index in [2.05, 4.69) is 51.7 Å². The van der Waals surface area contributed by atoms with Gasteiger partial charge >= 0.3 is 0 Å². The Bertz CT molecular complexity index is 416. The molecular formula is C14H19N. The van der Waals surface area contributed by atoms with Gasteiger partial charge in [-0.1, -0.05) is 32.6 Å². The summed E-state index contributed by atoms with van der Waals surface area (Å²) < 4.78 is 0. The van der Waals surface area contributed by atoms with Gasteiger partial charge in [0.15, 0.2) is 0 Å². The summed E-state index contributed by atoms with van der Waals surface area (Å²) >= 11 is 0. The van der Waals surface area contributed by atoms with Gasteiger partial charge in [0, 0.05) is 17.3 Å². The minimum Gasteiger partial charge on any atom is -0.358 e. The molecule has 1 aromatic carbocycles. The third kappa shape index (κ3) is 1.46. The van der Waals surface area contributed by atoms with Crippen molar-refractivity contribution >= 4 is 5.69 Å². The van der Waals surface area contributed by atoms with Crippen molar-refractivity contribution < 1.29 is 0 Å². The van der Waals surface area contributed by atoms with Gasteiger partial charge in [-0.2, -0.15) is 0 Å². The van der Waals surface area contributed by atoms with E-state index in [1.54, 1.807) is 0 Å². The Balaban J connectivity index is 2.62. The molecule has 0 spiro atoms. The van der Waals surface area contributed by atoms with E-state index in [9.17, 15) is 0 Å². The Kier molecular flexibility index (Phi) is 2.34. The van der Waals surface area contributed by atoms with Crippen LogP contribution in [0.25, 0.3) is 0 Å². The number of hydrogen-bond acceptors (Lipinski definition) is 1. The summed E-state index contributed by atoms with van der Waals surface area (Å²) in [4.78, 5) is 0. The largest absolute Gasteiger partial charge is 0.358 e. The lowest BCUT2D eigenvalue weighted by atomic mass is 9.85. The molecule has 1 N–H and O–H groups in total. The molecule has 1 heteroatoms. The van der Waals surface area contributed by atoms with Gasteiger partial charge in [0.1, 0.15) is 0 Å². The quantitative estimate of drug-likeness (QED) is 0.724. The third-order valence-corrected chi connectivity index (χ3v) is 3.31. The van der Waals surface area contributed by atoms with Crippen LogP contribution in [0.2, 0.25) is 0 Å². The number of anilines is 1. The minimum absolute atomic E-state index is 0.472. The first-order valence-electron chi connectivity index (χ1n) is 5.58. The van der Waals surface area contributed by atoms with Gasteiger partial charge in [-0.25, -0.2) is 0 Å². The molecule has 1 atom stereocenters. The van der Waals surface area contributed by atoms with Crippen LogP contribution < -0.4 is 5.32 Å². The molecule has 15 heavy (non-hydrogen) atoms. The molecule has 1 heterocycles. The standard InChI is InChI=1S/C14H19N/c1-8(2)12-11(5)15-14-10(4)7-6-9(3)13(12)14/h6-8,12,15H,5H2,1-4H3. The monoisotopic (exact) mass is 201 g/mol. The molecule has 1 aliphatic rings.